The van der Waals surface area contributed by atoms with E-state index in [1.807, 2.05) is 6.07 Å². The Morgan fingerprint density at radius 1 is 1.50 bits per heavy atom. The van der Waals surface area contributed by atoms with Crippen molar-refractivity contribution in [3.63, 3.8) is 0 Å². The second kappa shape index (κ2) is 5.56. The standard InChI is InChI=1S/C13H14N4O2S/c18-17(19)13-10(1-2-11-12(13)16-8-20-11)15-7-9-3-5-14-6-4-9/h1-3,8,14-15H,4-7H2. The van der Waals surface area contributed by atoms with Gasteiger partial charge in [0.15, 0.2) is 5.52 Å². The molecule has 0 aliphatic carbocycles. The van der Waals surface area contributed by atoms with Crippen LogP contribution >= 0.6 is 11.3 Å². The smallest absolute Gasteiger partial charge is 0.319 e. The number of hydrogen-bond acceptors (Lipinski definition) is 6. The summed E-state index contributed by atoms with van der Waals surface area (Å²) in [7, 11) is 0. The number of aromatic nitrogens is 1. The van der Waals surface area contributed by atoms with Crippen molar-refractivity contribution in [1.29, 1.82) is 0 Å². The zero-order valence-corrected chi connectivity index (χ0v) is 11.6. The molecule has 1 aliphatic heterocycles. The fraction of sp³-hybridized carbons (Fsp3) is 0.308. The van der Waals surface area contributed by atoms with E-state index in [1.54, 1.807) is 11.6 Å². The summed E-state index contributed by atoms with van der Waals surface area (Å²) in [5.74, 6) is 0. The first-order valence-corrected chi connectivity index (χ1v) is 7.27. The first kappa shape index (κ1) is 13.0. The maximum Gasteiger partial charge on any atom is 0.319 e. The summed E-state index contributed by atoms with van der Waals surface area (Å²) in [6.45, 7) is 2.46. The normalized spacial score (nSPS) is 15.1. The summed E-state index contributed by atoms with van der Waals surface area (Å²) in [5, 5.41) is 17.7. The van der Waals surface area contributed by atoms with Crippen LogP contribution in [0.3, 0.4) is 0 Å². The highest BCUT2D eigenvalue weighted by Gasteiger charge is 2.20. The molecule has 0 saturated heterocycles. The lowest BCUT2D eigenvalue weighted by Gasteiger charge is -2.15. The van der Waals surface area contributed by atoms with E-state index in [-0.39, 0.29) is 10.6 Å². The first-order chi connectivity index (χ1) is 9.75. The summed E-state index contributed by atoms with van der Waals surface area (Å²) < 4.78 is 0.836. The predicted octanol–water partition coefficient (Wildman–Crippen LogP) is 2.54. The molecule has 104 valence electrons. The molecule has 0 radical (unpaired) electrons. The van der Waals surface area contributed by atoms with Crippen molar-refractivity contribution in [2.45, 2.75) is 6.42 Å². The summed E-state index contributed by atoms with van der Waals surface area (Å²) >= 11 is 1.41. The second-order valence-corrected chi connectivity index (χ2v) is 5.47. The highest BCUT2D eigenvalue weighted by Crippen LogP contribution is 2.34. The quantitative estimate of drug-likeness (QED) is 0.514. The Labute approximate surface area is 119 Å². The lowest BCUT2D eigenvalue weighted by Crippen LogP contribution is -2.23. The van der Waals surface area contributed by atoms with Crippen molar-refractivity contribution in [3.05, 3.63) is 39.4 Å². The zero-order chi connectivity index (χ0) is 13.9. The molecule has 2 N–H and O–H groups in total. The molecule has 2 aromatic rings. The summed E-state index contributed by atoms with van der Waals surface area (Å²) in [4.78, 5) is 15.0. The first-order valence-electron chi connectivity index (χ1n) is 6.39. The molecule has 0 spiro atoms. The van der Waals surface area contributed by atoms with E-state index in [2.05, 4.69) is 21.7 Å². The number of nitrogens with one attached hydrogen (secondary N) is 2. The van der Waals surface area contributed by atoms with Crippen molar-refractivity contribution < 1.29 is 4.92 Å². The van der Waals surface area contributed by atoms with E-state index in [4.69, 9.17) is 0 Å². The molecule has 7 heteroatoms. The van der Waals surface area contributed by atoms with Crippen molar-refractivity contribution in [2.24, 2.45) is 0 Å². The van der Waals surface area contributed by atoms with Gasteiger partial charge in [-0.15, -0.1) is 11.3 Å². The largest absolute Gasteiger partial charge is 0.376 e. The number of nitrogens with zero attached hydrogens (tertiary/aromatic N) is 2. The van der Waals surface area contributed by atoms with E-state index in [1.165, 1.54) is 16.9 Å². The minimum Gasteiger partial charge on any atom is -0.376 e. The van der Waals surface area contributed by atoms with Gasteiger partial charge in [-0.1, -0.05) is 11.6 Å². The molecule has 0 saturated carbocycles. The Balaban J connectivity index is 1.88. The van der Waals surface area contributed by atoms with Crippen LogP contribution in [0.4, 0.5) is 11.4 Å². The van der Waals surface area contributed by atoms with Gasteiger partial charge in [0.25, 0.3) is 0 Å². The topological polar surface area (TPSA) is 80.1 Å². The number of thiazole rings is 1. The average Bonchev–Trinajstić information content (AvgIpc) is 2.93. The molecular formula is C13H14N4O2S. The lowest BCUT2D eigenvalue weighted by atomic mass is 10.1. The van der Waals surface area contributed by atoms with Gasteiger partial charge in [-0.3, -0.25) is 10.1 Å². The monoisotopic (exact) mass is 290 g/mol. The Morgan fingerprint density at radius 3 is 3.15 bits per heavy atom. The molecule has 0 amide bonds. The van der Waals surface area contributed by atoms with Crippen molar-refractivity contribution >= 4 is 32.9 Å². The summed E-state index contributed by atoms with van der Waals surface area (Å²) in [6, 6.07) is 3.64. The molecule has 0 atom stereocenters. The van der Waals surface area contributed by atoms with Crippen LogP contribution in [0, 0.1) is 10.1 Å². The van der Waals surface area contributed by atoms with Crippen LogP contribution in [-0.2, 0) is 0 Å². The highest BCUT2D eigenvalue weighted by atomic mass is 32.1. The van der Waals surface area contributed by atoms with E-state index in [0.717, 1.165) is 24.2 Å². The van der Waals surface area contributed by atoms with E-state index >= 15 is 0 Å². The zero-order valence-electron chi connectivity index (χ0n) is 10.8. The van der Waals surface area contributed by atoms with Gasteiger partial charge in [-0.25, -0.2) is 4.98 Å². The molecule has 2 heterocycles. The molecule has 1 aromatic carbocycles. The second-order valence-electron chi connectivity index (χ2n) is 4.59. The van der Waals surface area contributed by atoms with Gasteiger partial charge in [0, 0.05) is 13.1 Å². The third-order valence-electron chi connectivity index (χ3n) is 3.32. The van der Waals surface area contributed by atoms with Crippen LogP contribution in [0.25, 0.3) is 10.2 Å². The summed E-state index contributed by atoms with van der Waals surface area (Å²) in [6.07, 6.45) is 3.10. The Kier molecular flexibility index (Phi) is 3.62. The Hall–Kier alpha value is -1.99. The lowest BCUT2D eigenvalue weighted by molar-refractivity contribution is -0.382. The van der Waals surface area contributed by atoms with Crippen molar-refractivity contribution in [2.75, 3.05) is 25.0 Å². The van der Waals surface area contributed by atoms with E-state index in [0.29, 0.717) is 17.7 Å². The third kappa shape index (κ3) is 2.50. The fourth-order valence-electron chi connectivity index (χ4n) is 2.28. The van der Waals surface area contributed by atoms with Crippen LogP contribution in [-0.4, -0.2) is 29.5 Å². The van der Waals surface area contributed by atoms with Crippen LogP contribution in [0.1, 0.15) is 6.42 Å². The molecule has 0 fully saturated rings. The molecule has 3 rings (SSSR count). The summed E-state index contributed by atoms with van der Waals surface area (Å²) in [5.41, 5.74) is 3.98. The number of nitro groups is 1. The number of rotatable bonds is 4. The molecule has 6 nitrogen and oxygen atoms in total. The van der Waals surface area contributed by atoms with Gasteiger partial charge < -0.3 is 10.6 Å². The van der Waals surface area contributed by atoms with Crippen molar-refractivity contribution in [3.8, 4) is 0 Å². The van der Waals surface area contributed by atoms with Gasteiger partial charge in [-0.2, -0.15) is 0 Å². The number of benzene rings is 1. The maximum absolute atomic E-state index is 11.3. The Morgan fingerprint density at radius 2 is 2.40 bits per heavy atom. The molecule has 1 aliphatic rings. The minimum absolute atomic E-state index is 0.0679. The third-order valence-corrected chi connectivity index (χ3v) is 4.12. The number of nitro benzene ring substituents is 1. The average molecular weight is 290 g/mol. The van der Waals surface area contributed by atoms with Crippen LogP contribution in [0.15, 0.2) is 29.3 Å². The minimum atomic E-state index is -0.360. The molecule has 0 bridgehead atoms. The van der Waals surface area contributed by atoms with Gasteiger partial charge in [-0.05, 0) is 25.1 Å². The van der Waals surface area contributed by atoms with E-state index < -0.39 is 0 Å². The maximum atomic E-state index is 11.3. The number of anilines is 1. The molecule has 1 aromatic heterocycles. The Bertz CT molecular complexity index is 680. The molecular weight excluding hydrogens is 276 g/mol. The van der Waals surface area contributed by atoms with Crippen LogP contribution in [0.2, 0.25) is 0 Å². The highest BCUT2D eigenvalue weighted by molar-refractivity contribution is 7.16. The molecule has 0 unspecified atom stereocenters. The number of fused-ring (bicyclic) bond motifs is 1. The molecule has 20 heavy (non-hydrogen) atoms. The van der Waals surface area contributed by atoms with Gasteiger partial charge >= 0.3 is 5.69 Å². The van der Waals surface area contributed by atoms with Crippen molar-refractivity contribution in [1.82, 2.24) is 10.3 Å². The van der Waals surface area contributed by atoms with Crippen LogP contribution < -0.4 is 10.6 Å². The van der Waals surface area contributed by atoms with Gasteiger partial charge in [0.05, 0.1) is 15.1 Å². The predicted molar refractivity (Wildman–Crippen MR) is 80.3 cm³/mol. The van der Waals surface area contributed by atoms with Gasteiger partial charge in [0.1, 0.15) is 5.69 Å². The fourth-order valence-corrected chi connectivity index (χ4v) is 2.96. The van der Waals surface area contributed by atoms with Crippen LogP contribution in [0.5, 0.6) is 0 Å². The van der Waals surface area contributed by atoms with E-state index in [9.17, 15) is 10.1 Å². The SMILES string of the molecule is O=[N+]([O-])c1c(NCC2=CCNCC2)ccc2scnc12. The number of hydrogen-bond donors (Lipinski definition) is 2. The van der Waals surface area contributed by atoms with Gasteiger partial charge in [0.2, 0.25) is 0 Å².